The van der Waals surface area contributed by atoms with E-state index in [9.17, 15) is 9.59 Å². The summed E-state index contributed by atoms with van der Waals surface area (Å²) in [6, 6.07) is 22.0. The average Bonchev–Trinajstić information content (AvgIpc) is 2.87. The van der Waals surface area contributed by atoms with Crippen molar-refractivity contribution in [2.24, 2.45) is 10.2 Å². The van der Waals surface area contributed by atoms with E-state index in [0.717, 1.165) is 20.9 Å². The fourth-order valence-electron chi connectivity index (χ4n) is 2.73. The van der Waals surface area contributed by atoms with Crippen LogP contribution in [-0.4, -0.2) is 34.7 Å². The molecule has 10 heteroatoms. The van der Waals surface area contributed by atoms with Gasteiger partial charge in [-0.1, -0.05) is 47.5 Å². The Morgan fingerprint density at radius 1 is 0.667 bits per heavy atom. The van der Waals surface area contributed by atoms with E-state index in [2.05, 4.69) is 21.1 Å². The second-order valence-electron chi connectivity index (χ2n) is 7.56. The number of benzene rings is 3. The molecule has 0 aliphatic carbocycles. The molecule has 2 N–H and O–H groups in total. The number of carbonyl (C=O) groups excluding carboxylic acids is 2. The Morgan fingerprint density at radius 2 is 1.00 bits per heavy atom. The highest BCUT2D eigenvalue weighted by molar-refractivity contribution is 8.00. The predicted molar refractivity (Wildman–Crippen MR) is 151 cm³/mol. The van der Waals surface area contributed by atoms with Gasteiger partial charge in [0.05, 0.1) is 22.9 Å². The largest absolute Gasteiger partial charge is 0.272 e. The number of rotatable bonds is 10. The van der Waals surface area contributed by atoms with E-state index < -0.39 is 0 Å². The normalized spacial score (nSPS) is 13.0. The Balaban J connectivity index is 1.42. The number of halogens is 2. The van der Waals surface area contributed by atoms with E-state index in [1.165, 1.54) is 23.5 Å². The molecule has 0 aromatic heterocycles. The van der Waals surface area contributed by atoms with Crippen LogP contribution in [0.5, 0.6) is 0 Å². The molecule has 0 saturated heterocycles. The summed E-state index contributed by atoms with van der Waals surface area (Å²) in [6.07, 6.45) is 3.13. The maximum Gasteiger partial charge on any atom is 0.253 e. The molecule has 0 saturated carbocycles. The van der Waals surface area contributed by atoms with E-state index in [-0.39, 0.29) is 22.3 Å². The Kier molecular flexibility index (Phi) is 10.9. The first kappa shape index (κ1) is 27.8. The van der Waals surface area contributed by atoms with Gasteiger partial charge in [-0.2, -0.15) is 10.2 Å². The number of carbonyl (C=O) groups is 2. The fourth-order valence-corrected chi connectivity index (χ4v) is 4.71. The molecule has 3 aromatic rings. The molecule has 0 spiro atoms. The van der Waals surface area contributed by atoms with Crippen molar-refractivity contribution in [3.8, 4) is 0 Å². The van der Waals surface area contributed by atoms with Crippen LogP contribution in [0.4, 0.5) is 0 Å². The summed E-state index contributed by atoms with van der Waals surface area (Å²) in [5.74, 6) is -0.400. The van der Waals surface area contributed by atoms with Crippen molar-refractivity contribution in [2.45, 2.75) is 34.1 Å². The quantitative estimate of drug-likeness (QED) is 0.175. The molecule has 0 aliphatic heterocycles. The van der Waals surface area contributed by atoms with Gasteiger partial charge in [0.2, 0.25) is 0 Å². The summed E-state index contributed by atoms with van der Waals surface area (Å²) in [6.45, 7) is 3.63. The van der Waals surface area contributed by atoms with Crippen molar-refractivity contribution in [1.29, 1.82) is 0 Å². The highest BCUT2D eigenvalue weighted by Gasteiger charge is 2.14. The van der Waals surface area contributed by atoms with Gasteiger partial charge >= 0.3 is 0 Å². The zero-order valence-electron chi connectivity index (χ0n) is 19.5. The average molecular weight is 560 g/mol. The maximum atomic E-state index is 12.3. The van der Waals surface area contributed by atoms with Crippen LogP contribution >= 0.6 is 46.7 Å². The van der Waals surface area contributed by atoms with Gasteiger partial charge in [0, 0.05) is 19.8 Å². The highest BCUT2D eigenvalue weighted by atomic mass is 35.5. The van der Waals surface area contributed by atoms with Crippen molar-refractivity contribution in [3.63, 3.8) is 0 Å². The van der Waals surface area contributed by atoms with E-state index in [1.54, 1.807) is 36.7 Å². The number of hydrogen-bond acceptors (Lipinski definition) is 6. The molecule has 6 nitrogen and oxygen atoms in total. The summed E-state index contributed by atoms with van der Waals surface area (Å²) in [4.78, 5) is 26.4. The van der Waals surface area contributed by atoms with Gasteiger partial charge in [0.25, 0.3) is 11.8 Å². The van der Waals surface area contributed by atoms with Gasteiger partial charge in [-0.15, -0.1) is 23.5 Å². The molecule has 186 valence electrons. The fraction of sp³-hybridized carbons (Fsp3) is 0.154. The van der Waals surface area contributed by atoms with E-state index in [4.69, 9.17) is 23.2 Å². The zero-order valence-corrected chi connectivity index (χ0v) is 22.7. The monoisotopic (exact) mass is 558 g/mol. The van der Waals surface area contributed by atoms with Crippen molar-refractivity contribution < 1.29 is 9.59 Å². The predicted octanol–water partition coefficient (Wildman–Crippen LogP) is 6.26. The molecule has 0 fully saturated rings. The molecular weight excluding hydrogens is 535 g/mol. The first-order valence-corrected chi connectivity index (χ1v) is 13.4. The van der Waals surface area contributed by atoms with E-state index in [1.807, 2.05) is 62.4 Å². The van der Waals surface area contributed by atoms with E-state index in [0.29, 0.717) is 10.0 Å². The minimum atomic E-state index is -0.315. The first-order valence-electron chi connectivity index (χ1n) is 10.9. The molecule has 0 bridgehead atoms. The Bertz CT molecular complexity index is 1120. The second-order valence-corrected chi connectivity index (χ2v) is 11.3. The van der Waals surface area contributed by atoms with Crippen LogP contribution in [0.1, 0.15) is 25.0 Å². The third kappa shape index (κ3) is 9.35. The van der Waals surface area contributed by atoms with Crippen LogP contribution in [0.25, 0.3) is 0 Å². The van der Waals surface area contributed by atoms with Crippen molar-refractivity contribution in [1.82, 2.24) is 10.9 Å². The molecular formula is C26H24Cl2N4O2S2. The summed E-state index contributed by atoms with van der Waals surface area (Å²) < 4.78 is 0. The Hall–Kier alpha value is -2.78. The Morgan fingerprint density at radius 3 is 1.33 bits per heavy atom. The molecule has 2 amide bonds. The smallest absolute Gasteiger partial charge is 0.253 e. The van der Waals surface area contributed by atoms with Gasteiger partial charge in [0.1, 0.15) is 0 Å². The summed E-state index contributed by atoms with van der Waals surface area (Å²) in [5, 5.41) is 8.74. The van der Waals surface area contributed by atoms with Crippen LogP contribution in [-0.2, 0) is 9.59 Å². The van der Waals surface area contributed by atoms with Crippen molar-refractivity contribution >= 4 is 71.0 Å². The van der Waals surface area contributed by atoms with Gasteiger partial charge in [-0.25, -0.2) is 10.9 Å². The lowest BCUT2D eigenvalue weighted by Crippen LogP contribution is -2.26. The van der Waals surface area contributed by atoms with Gasteiger partial charge in [-0.3, -0.25) is 9.59 Å². The van der Waals surface area contributed by atoms with Crippen molar-refractivity contribution in [3.05, 3.63) is 94.0 Å². The van der Waals surface area contributed by atoms with Crippen LogP contribution < -0.4 is 10.9 Å². The minimum Gasteiger partial charge on any atom is -0.272 e. The van der Waals surface area contributed by atoms with E-state index >= 15 is 0 Å². The molecule has 0 heterocycles. The van der Waals surface area contributed by atoms with Gasteiger partial charge in [-0.05, 0) is 73.5 Å². The number of thioether (sulfide) groups is 2. The molecule has 3 aromatic carbocycles. The molecule has 0 radical (unpaired) electrons. The third-order valence-electron chi connectivity index (χ3n) is 4.70. The maximum absolute atomic E-state index is 12.3. The topological polar surface area (TPSA) is 82.9 Å². The van der Waals surface area contributed by atoms with Gasteiger partial charge in [0.15, 0.2) is 0 Å². The second kappa shape index (κ2) is 14.1. The Labute approximate surface area is 228 Å². The third-order valence-corrected chi connectivity index (χ3v) is 7.43. The number of nitrogens with zero attached hydrogens (tertiary/aromatic N) is 2. The molecule has 2 atom stereocenters. The SMILES string of the molecule is C[C@H](Sc1ccc(Cl)cc1)C(=O)N/N=C\c1ccc(/C=N\NC(=O)[C@@H](C)Sc2ccc(Cl)cc2)cc1. The minimum absolute atomic E-state index is 0.200. The lowest BCUT2D eigenvalue weighted by molar-refractivity contribution is -0.121. The number of amides is 2. The molecule has 36 heavy (non-hydrogen) atoms. The number of hydrazone groups is 2. The van der Waals surface area contributed by atoms with Crippen LogP contribution in [0.15, 0.2) is 92.8 Å². The standard InChI is InChI=1S/C26H24Cl2N4O2S2/c1-17(35-23-11-7-21(27)8-12-23)25(33)31-29-15-19-3-5-20(6-4-19)16-30-32-26(34)18(2)36-24-13-9-22(28)10-14-24/h3-18H,1-2H3,(H,31,33)(H,32,34)/b29-15-,30-16-/t17-,18+. The lowest BCUT2D eigenvalue weighted by Gasteiger charge is -2.09. The first-order chi connectivity index (χ1) is 17.3. The van der Waals surface area contributed by atoms with Crippen LogP contribution in [0.2, 0.25) is 10.0 Å². The highest BCUT2D eigenvalue weighted by Crippen LogP contribution is 2.25. The van der Waals surface area contributed by atoms with Crippen LogP contribution in [0, 0.1) is 0 Å². The zero-order chi connectivity index (χ0) is 25.9. The molecule has 0 unspecified atom stereocenters. The van der Waals surface area contributed by atoms with Crippen molar-refractivity contribution in [2.75, 3.05) is 0 Å². The lowest BCUT2D eigenvalue weighted by atomic mass is 10.2. The van der Waals surface area contributed by atoms with Crippen LogP contribution in [0.3, 0.4) is 0 Å². The summed E-state index contributed by atoms with van der Waals surface area (Å²) >= 11 is 14.6. The molecule has 3 rings (SSSR count). The number of nitrogens with one attached hydrogen (secondary N) is 2. The summed E-state index contributed by atoms with van der Waals surface area (Å²) in [5.41, 5.74) is 6.73. The van der Waals surface area contributed by atoms with Gasteiger partial charge < -0.3 is 0 Å². The molecule has 0 aliphatic rings. The summed E-state index contributed by atoms with van der Waals surface area (Å²) in [7, 11) is 0. The number of hydrogen-bond donors (Lipinski definition) is 2.